The van der Waals surface area contributed by atoms with Gasteiger partial charge in [-0.15, -0.1) is 0 Å². The Kier molecular flexibility index (Phi) is 3.43. The van der Waals surface area contributed by atoms with Crippen molar-refractivity contribution < 1.29 is 8.42 Å². The zero-order valence-corrected chi connectivity index (χ0v) is 12.8. The van der Waals surface area contributed by atoms with E-state index < -0.39 is 10.0 Å². The summed E-state index contributed by atoms with van der Waals surface area (Å²) in [5.74, 6) is 0. The quantitative estimate of drug-likeness (QED) is 0.943. The number of sulfonamides is 1. The summed E-state index contributed by atoms with van der Waals surface area (Å²) >= 11 is 0. The van der Waals surface area contributed by atoms with E-state index in [0.29, 0.717) is 4.90 Å². The molecule has 21 heavy (non-hydrogen) atoms. The average Bonchev–Trinajstić information content (AvgIpc) is 2.75. The number of nitrogens with one attached hydrogen (secondary N) is 1. The van der Waals surface area contributed by atoms with E-state index >= 15 is 0 Å². The Bertz CT molecular complexity index is 805. The summed E-state index contributed by atoms with van der Waals surface area (Å²) in [6.45, 7) is 3.88. The first kappa shape index (κ1) is 14.0. The monoisotopic (exact) mass is 299 g/mol. The van der Waals surface area contributed by atoms with E-state index in [1.54, 1.807) is 24.3 Å². The smallest absolute Gasteiger partial charge is 0.207 e. The molecule has 3 nitrogen and oxygen atoms in total. The van der Waals surface area contributed by atoms with E-state index in [1.165, 1.54) is 0 Å². The molecule has 1 atom stereocenters. The van der Waals surface area contributed by atoms with E-state index in [1.807, 2.05) is 44.2 Å². The molecule has 0 spiro atoms. The van der Waals surface area contributed by atoms with Crippen LogP contribution in [0.5, 0.6) is 0 Å². The van der Waals surface area contributed by atoms with Crippen molar-refractivity contribution in [1.82, 2.24) is 4.72 Å². The Labute approximate surface area is 125 Å². The molecule has 2 aromatic carbocycles. The van der Waals surface area contributed by atoms with Crippen molar-refractivity contribution in [2.75, 3.05) is 0 Å². The molecule has 3 rings (SSSR count). The summed E-state index contributed by atoms with van der Waals surface area (Å²) in [6, 6.07) is 14.4. The van der Waals surface area contributed by atoms with E-state index in [-0.39, 0.29) is 6.04 Å². The Morgan fingerprint density at radius 1 is 0.952 bits per heavy atom. The Balaban J connectivity index is 1.93. The highest BCUT2D eigenvalue weighted by Crippen LogP contribution is 2.34. The Morgan fingerprint density at radius 3 is 2.33 bits per heavy atom. The number of fused-ring (bicyclic) bond motifs is 1. The summed E-state index contributed by atoms with van der Waals surface area (Å²) in [5.41, 5.74) is 4.13. The third-order valence-electron chi connectivity index (χ3n) is 3.75. The van der Waals surface area contributed by atoms with Crippen molar-refractivity contribution in [2.24, 2.45) is 0 Å². The van der Waals surface area contributed by atoms with Crippen LogP contribution in [0, 0.1) is 6.92 Å². The van der Waals surface area contributed by atoms with Crippen molar-refractivity contribution in [3.63, 3.8) is 0 Å². The molecule has 1 N–H and O–H groups in total. The summed E-state index contributed by atoms with van der Waals surface area (Å²) in [5, 5.41) is 0. The number of hydrogen-bond acceptors (Lipinski definition) is 2. The highest BCUT2D eigenvalue weighted by Gasteiger charge is 2.27. The maximum Gasteiger partial charge on any atom is 0.241 e. The molecule has 0 aromatic heterocycles. The Morgan fingerprint density at radius 2 is 1.62 bits per heavy atom. The molecule has 0 bridgehead atoms. The fourth-order valence-electron chi connectivity index (χ4n) is 2.58. The molecule has 0 saturated heterocycles. The molecule has 0 amide bonds. The standard InChI is InChI=1S/C17H17NO2S/c1-12-7-9-15(10-8-12)21(19,20)18-17-13(2)11-14-5-3-4-6-16(14)17/h3-11,17-18H,1-2H3/t17-/m1/s1. The zero-order chi connectivity index (χ0) is 15.0. The van der Waals surface area contributed by atoms with Crippen LogP contribution in [0.2, 0.25) is 0 Å². The first-order valence-electron chi connectivity index (χ1n) is 6.83. The number of rotatable bonds is 3. The van der Waals surface area contributed by atoms with Crippen molar-refractivity contribution in [3.05, 3.63) is 70.8 Å². The first-order chi connectivity index (χ1) is 9.97. The van der Waals surface area contributed by atoms with Crippen molar-refractivity contribution in [2.45, 2.75) is 24.8 Å². The van der Waals surface area contributed by atoms with Gasteiger partial charge in [-0.25, -0.2) is 8.42 Å². The van der Waals surface area contributed by atoms with E-state index in [2.05, 4.69) is 4.72 Å². The van der Waals surface area contributed by atoms with Gasteiger partial charge in [0.15, 0.2) is 0 Å². The van der Waals surface area contributed by atoms with E-state index in [4.69, 9.17) is 0 Å². The SMILES string of the molecule is CC1=Cc2ccccc2[C@@H]1NS(=O)(=O)c1ccc(C)cc1. The van der Waals surface area contributed by atoms with Gasteiger partial charge < -0.3 is 0 Å². The van der Waals surface area contributed by atoms with Crippen LogP contribution in [0.4, 0.5) is 0 Å². The highest BCUT2D eigenvalue weighted by atomic mass is 32.2. The molecule has 0 saturated carbocycles. The van der Waals surface area contributed by atoms with Gasteiger partial charge in [0.25, 0.3) is 0 Å². The predicted octanol–water partition coefficient (Wildman–Crippen LogP) is 3.43. The molecule has 0 unspecified atom stereocenters. The maximum absolute atomic E-state index is 12.5. The van der Waals surface area contributed by atoms with E-state index in [0.717, 1.165) is 22.3 Å². The van der Waals surface area contributed by atoms with Crippen LogP contribution in [0.25, 0.3) is 6.08 Å². The molecule has 4 heteroatoms. The van der Waals surface area contributed by atoms with Crippen LogP contribution in [0.1, 0.15) is 29.7 Å². The van der Waals surface area contributed by atoms with Crippen LogP contribution >= 0.6 is 0 Å². The second-order valence-electron chi connectivity index (χ2n) is 5.38. The second kappa shape index (κ2) is 5.13. The largest absolute Gasteiger partial charge is 0.241 e. The van der Waals surface area contributed by atoms with Crippen LogP contribution < -0.4 is 4.72 Å². The molecule has 0 heterocycles. The van der Waals surface area contributed by atoms with Gasteiger partial charge in [0, 0.05) is 0 Å². The number of hydrogen-bond donors (Lipinski definition) is 1. The lowest BCUT2D eigenvalue weighted by atomic mass is 10.1. The van der Waals surface area contributed by atoms with Gasteiger partial charge in [0.05, 0.1) is 10.9 Å². The molecule has 1 aliphatic rings. The molecule has 1 aliphatic carbocycles. The summed E-state index contributed by atoms with van der Waals surface area (Å²) in [4.78, 5) is 0.297. The zero-order valence-electron chi connectivity index (χ0n) is 12.0. The van der Waals surface area contributed by atoms with Crippen LogP contribution in [-0.2, 0) is 10.0 Å². The van der Waals surface area contributed by atoms with Gasteiger partial charge in [0.1, 0.15) is 0 Å². The van der Waals surface area contributed by atoms with Crippen LogP contribution in [0.15, 0.2) is 59.0 Å². The summed E-state index contributed by atoms with van der Waals surface area (Å²) < 4.78 is 27.8. The molecule has 0 radical (unpaired) electrons. The lowest BCUT2D eigenvalue weighted by Crippen LogP contribution is -2.28. The van der Waals surface area contributed by atoms with Gasteiger partial charge >= 0.3 is 0 Å². The van der Waals surface area contributed by atoms with Gasteiger partial charge in [0.2, 0.25) is 10.0 Å². The normalized spacial score (nSPS) is 17.4. The minimum atomic E-state index is -3.53. The van der Waals surface area contributed by atoms with Gasteiger partial charge in [-0.3, -0.25) is 0 Å². The minimum absolute atomic E-state index is 0.285. The fourth-order valence-corrected chi connectivity index (χ4v) is 3.83. The summed E-state index contributed by atoms with van der Waals surface area (Å²) in [6.07, 6.45) is 2.03. The topological polar surface area (TPSA) is 46.2 Å². The lowest BCUT2D eigenvalue weighted by Gasteiger charge is -2.17. The van der Waals surface area contributed by atoms with Gasteiger partial charge in [-0.2, -0.15) is 4.72 Å². The van der Waals surface area contributed by atoms with Crippen molar-refractivity contribution in [1.29, 1.82) is 0 Å². The number of benzene rings is 2. The predicted molar refractivity (Wildman–Crippen MR) is 84.3 cm³/mol. The van der Waals surface area contributed by atoms with Crippen molar-refractivity contribution in [3.8, 4) is 0 Å². The maximum atomic E-state index is 12.5. The van der Waals surface area contributed by atoms with E-state index in [9.17, 15) is 8.42 Å². The Hall–Kier alpha value is -1.91. The molecular weight excluding hydrogens is 282 g/mol. The molecule has 0 fully saturated rings. The summed E-state index contributed by atoms with van der Waals surface area (Å²) in [7, 11) is -3.53. The van der Waals surface area contributed by atoms with Crippen LogP contribution in [0.3, 0.4) is 0 Å². The van der Waals surface area contributed by atoms with Crippen molar-refractivity contribution >= 4 is 16.1 Å². The lowest BCUT2D eigenvalue weighted by molar-refractivity contribution is 0.572. The third kappa shape index (κ3) is 2.64. The second-order valence-corrected chi connectivity index (χ2v) is 7.10. The number of aryl methyl sites for hydroxylation is 1. The molecular formula is C17H17NO2S. The third-order valence-corrected chi connectivity index (χ3v) is 5.19. The van der Waals surface area contributed by atoms with Gasteiger partial charge in [-0.1, -0.05) is 53.6 Å². The average molecular weight is 299 g/mol. The molecule has 2 aromatic rings. The fraction of sp³-hybridized carbons (Fsp3) is 0.176. The molecule has 108 valence electrons. The minimum Gasteiger partial charge on any atom is -0.207 e. The molecule has 0 aliphatic heterocycles. The van der Waals surface area contributed by atoms with Gasteiger partial charge in [-0.05, 0) is 37.1 Å². The first-order valence-corrected chi connectivity index (χ1v) is 8.32. The van der Waals surface area contributed by atoms with Crippen LogP contribution in [-0.4, -0.2) is 8.42 Å². The highest BCUT2D eigenvalue weighted by molar-refractivity contribution is 7.89.